The predicted molar refractivity (Wildman–Crippen MR) is 114 cm³/mol. The van der Waals surface area contributed by atoms with E-state index in [1.807, 2.05) is 13.0 Å². The highest BCUT2D eigenvalue weighted by Crippen LogP contribution is 2.31. The van der Waals surface area contributed by atoms with E-state index in [4.69, 9.17) is 4.74 Å². The van der Waals surface area contributed by atoms with Gasteiger partial charge in [-0.1, -0.05) is 6.07 Å². The van der Waals surface area contributed by atoms with E-state index in [9.17, 15) is 27.6 Å². The molecule has 0 N–H and O–H groups in total. The van der Waals surface area contributed by atoms with Gasteiger partial charge in [0.1, 0.15) is 0 Å². The summed E-state index contributed by atoms with van der Waals surface area (Å²) < 4.78 is 43.7. The molecule has 6 nitrogen and oxygen atoms in total. The molecule has 0 bridgehead atoms. The van der Waals surface area contributed by atoms with Crippen molar-refractivity contribution in [1.29, 1.82) is 0 Å². The van der Waals surface area contributed by atoms with Gasteiger partial charge in [-0.05, 0) is 37.3 Å². The lowest BCUT2D eigenvalue weighted by molar-refractivity contribution is -0.152. The summed E-state index contributed by atoms with van der Waals surface area (Å²) >= 11 is 1.36. The molecule has 0 radical (unpaired) electrons. The summed E-state index contributed by atoms with van der Waals surface area (Å²) in [6.45, 7) is 2.83. The maximum Gasteiger partial charge on any atom is 0.416 e. The average Bonchev–Trinajstić information content (AvgIpc) is 3.22. The van der Waals surface area contributed by atoms with Crippen LogP contribution in [0, 0.1) is 6.92 Å². The van der Waals surface area contributed by atoms with E-state index < -0.39 is 24.3 Å². The maximum atomic E-state index is 12.9. The number of amides is 1. The Labute approximate surface area is 187 Å². The van der Waals surface area contributed by atoms with E-state index in [0.29, 0.717) is 36.7 Å². The van der Waals surface area contributed by atoms with Gasteiger partial charge >= 0.3 is 12.1 Å². The first kappa shape index (κ1) is 23.8. The highest BCUT2D eigenvalue weighted by molar-refractivity contribution is 7.14. The van der Waals surface area contributed by atoms with Crippen molar-refractivity contribution in [3.05, 3.63) is 51.7 Å². The number of carbonyl (C=O) groups is 3. The van der Waals surface area contributed by atoms with Gasteiger partial charge in [0.15, 0.2) is 12.4 Å². The normalized spacial score (nSPS) is 14.4. The number of rotatable bonds is 7. The SMILES string of the molecule is Cc1ccc(C(=O)CCC(=O)OCC(=O)N2CCN(c3cccc(C(F)(F)F)c3)CC2)s1. The quantitative estimate of drug-likeness (QED) is 0.455. The lowest BCUT2D eigenvalue weighted by atomic mass is 10.1. The molecule has 0 atom stereocenters. The van der Waals surface area contributed by atoms with Crippen LogP contribution in [0.25, 0.3) is 0 Å². The Bertz CT molecular complexity index is 982. The Morgan fingerprint density at radius 2 is 1.75 bits per heavy atom. The molecule has 172 valence electrons. The van der Waals surface area contributed by atoms with Crippen molar-refractivity contribution in [3.8, 4) is 0 Å². The summed E-state index contributed by atoms with van der Waals surface area (Å²) in [5, 5.41) is 0. The summed E-state index contributed by atoms with van der Waals surface area (Å²) in [5.74, 6) is -1.14. The van der Waals surface area contributed by atoms with Gasteiger partial charge in [-0.2, -0.15) is 13.2 Å². The van der Waals surface area contributed by atoms with Crippen molar-refractivity contribution < 1.29 is 32.3 Å². The standard InChI is InChI=1S/C22H23F3N2O4S/c1-15-5-7-19(32-15)18(28)6-8-21(30)31-14-20(29)27-11-9-26(10-12-27)17-4-2-3-16(13-17)22(23,24)25/h2-5,7,13H,6,8-12,14H2,1H3. The molecular weight excluding hydrogens is 445 g/mol. The molecule has 10 heteroatoms. The molecule has 1 fully saturated rings. The lowest BCUT2D eigenvalue weighted by Crippen LogP contribution is -2.50. The van der Waals surface area contributed by atoms with Crippen LogP contribution in [0.15, 0.2) is 36.4 Å². The third kappa shape index (κ3) is 6.32. The van der Waals surface area contributed by atoms with Crippen LogP contribution in [0.4, 0.5) is 18.9 Å². The zero-order valence-electron chi connectivity index (χ0n) is 17.5. The van der Waals surface area contributed by atoms with Gasteiger partial charge in [-0.15, -0.1) is 11.3 Å². The first-order chi connectivity index (χ1) is 15.1. The van der Waals surface area contributed by atoms with E-state index in [1.165, 1.54) is 22.3 Å². The van der Waals surface area contributed by atoms with E-state index in [-0.39, 0.29) is 24.5 Å². The first-order valence-corrected chi connectivity index (χ1v) is 10.9. The molecule has 3 rings (SSSR count). The first-order valence-electron chi connectivity index (χ1n) is 10.1. The summed E-state index contributed by atoms with van der Waals surface area (Å²) in [5.41, 5.74) is -0.267. The summed E-state index contributed by atoms with van der Waals surface area (Å²) in [6.07, 6.45) is -4.50. The molecule has 1 aliphatic heterocycles. The zero-order chi connectivity index (χ0) is 23.3. The van der Waals surface area contributed by atoms with E-state index >= 15 is 0 Å². The third-order valence-corrected chi connectivity index (χ3v) is 6.14. The molecule has 1 aliphatic rings. The molecule has 2 aromatic rings. The fraction of sp³-hybridized carbons (Fsp3) is 0.409. The van der Waals surface area contributed by atoms with Gasteiger partial charge in [-0.25, -0.2) is 0 Å². The number of aryl methyl sites for hydroxylation is 1. The minimum absolute atomic E-state index is 0.0165. The monoisotopic (exact) mass is 468 g/mol. The molecule has 32 heavy (non-hydrogen) atoms. The fourth-order valence-electron chi connectivity index (χ4n) is 3.32. The number of carbonyl (C=O) groups excluding carboxylic acids is 3. The number of alkyl halides is 3. The largest absolute Gasteiger partial charge is 0.456 e. The van der Waals surface area contributed by atoms with Crippen LogP contribution in [0.3, 0.4) is 0 Å². The van der Waals surface area contributed by atoms with Gasteiger partial charge in [0, 0.05) is 43.2 Å². The number of hydrogen-bond donors (Lipinski definition) is 0. The summed E-state index contributed by atoms with van der Waals surface area (Å²) in [7, 11) is 0. The Balaban J connectivity index is 1.41. The number of ketones is 1. The maximum absolute atomic E-state index is 12.9. The second-order valence-corrected chi connectivity index (χ2v) is 8.70. The Kier molecular flexibility index (Phi) is 7.55. The van der Waals surface area contributed by atoms with E-state index in [1.54, 1.807) is 17.0 Å². The predicted octanol–water partition coefficient (Wildman–Crippen LogP) is 3.93. The van der Waals surface area contributed by atoms with Crippen molar-refractivity contribution in [2.45, 2.75) is 25.9 Å². The second-order valence-electron chi connectivity index (χ2n) is 7.41. The van der Waals surface area contributed by atoms with Crippen molar-refractivity contribution in [3.63, 3.8) is 0 Å². The van der Waals surface area contributed by atoms with Crippen LogP contribution in [-0.4, -0.2) is 55.3 Å². The van der Waals surface area contributed by atoms with Crippen LogP contribution in [0.2, 0.25) is 0 Å². The van der Waals surface area contributed by atoms with Crippen LogP contribution in [0.5, 0.6) is 0 Å². The van der Waals surface area contributed by atoms with Crippen LogP contribution in [0.1, 0.15) is 33.0 Å². The molecule has 0 aliphatic carbocycles. The highest BCUT2D eigenvalue weighted by Gasteiger charge is 2.31. The minimum Gasteiger partial charge on any atom is -0.456 e. The number of anilines is 1. The van der Waals surface area contributed by atoms with E-state index in [0.717, 1.165) is 17.0 Å². The molecule has 0 saturated carbocycles. The van der Waals surface area contributed by atoms with Crippen LogP contribution >= 0.6 is 11.3 Å². The third-order valence-electron chi connectivity index (χ3n) is 5.10. The van der Waals surface area contributed by atoms with Crippen molar-refractivity contribution in [2.75, 3.05) is 37.7 Å². The fourth-order valence-corrected chi connectivity index (χ4v) is 4.16. The molecule has 0 unspecified atom stereocenters. The Hall–Kier alpha value is -2.88. The number of hydrogen-bond acceptors (Lipinski definition) is 6. The van der Waals surface area contributed by atoms with Gasteiger partial charge < -0.3 is 14.5 Å². The molecule has 1 aromatic carbocycles. The van der Waals surface area contributed by atoms with Gasteiger partial charge in [0.2, 0.25) is 0 Å². The Morgan fingerprint density at radius 1 is 1.03 bits per heavy atom. The number of thiophene rings is 1. The number of halogens is 3. The molecule has 2 heterocycles. The van der Waals surface area contributed by atoms with Gasteiger partial charge in [0.25, 0.3) is 5.91 Å². The summed E-state index contributed by atoms with van der Waals surface area (Å²) in [6, 6.07) is 8.63. The average molecular weight is 468 g/mol. The lowest BCUT2D eigenvalue weighted by Gasteiger charge is -2.36. The zero-order valence-corrected chi connectivity index (χ0v) is 18.3. The number of benzene rings is 1. The van der Waals surface area contributed by atoms with Crippen molar-refractivity contribution in [1.82, 2.24) is 4.90 Å². The van der Waals surface area contributed by atoms with Crippen LogP contribution in [-0.2, 0) is 20.5 Å². The minimum atomic E-state index is -4.41. The number of Topliss-reactive ketones (excluding diaryl/α,β-unsaturated/α-hetero) is 1. The molecule has 1 aromatic heterocycles. The summed E-state index contributed by atoms with van der Waals surface area (Å²) in [4.78, 5) is 41.1. The Morgan fingerprint density at radius 3 is 2.38 bits per heavy atom. The van der Waals surface area contributed by atoms with Crippen molar-refractivity contribution >= 4 is 34.7 Å². The molecule has 1 amide bonds. The molecule has 0 spiro atoms. The molecule has 1 saturated heterocycles. The van der Waals surface area contributed by atoms with Crippen molar-refractivity contribution in [2.24, 2.45) is 0 Å². The number of ether oxygens (including phenoxy) is 1. The van der Waals surface area contributed by atoms with Gasteiger partial charge in [-0.3, -0.25) is 14.4 Å². The van der Waals surface area contributed by atoms with E-state index in [2.05, 4.69) is 0 Å². The topological polar surface area (TPSA) is 66.9 Å². The molecular formula is C22H23F3N2O4S. The number of piperazine rings is 1. The van der Waals surface area contributed by atoms with Crippen LogP contribution < -0.4 is 4.90 Å². The highest BCUT2D eigenvalue weighted by atomic mass is 32.1. The number of esters is 1. The smallest absolute Gasteiger partial charge is 0.416 e. The van der Waals surface area contributed by atoms with Gasteiger partial charge in [0.05, 0.1) is 16.9 Å². The second kappa shape index (κ2) is 10.2. The number of nitrogens with zero attached hydrogens (tertiary/aromatic N) is 2.